The summed E-state index contributed by atoms with van der Waals surface area (Å²) in [5.74, 6) is -1.66. The summed E-state index contributed by atoms with van der Waals surface area (Å²) in [5, 5.41) is 11.9. The van der Waals surface area contributed by atoms with Crippen molar-refractivity contribution in [3.63, 3.8) is 0 Å². The SMILES string of the molecule is CC(CCN(C)C)Nc1c(F)cccc1C(=O)O. The molecule has 1 unspecified atom stereocenters. The zero-order valence-electron chi connectivity index (χ0n) is 10.9. The summed E-state index contributed by atoms with van der Waals surface area (Å²) in [6.07, 6.45) is 0.806. The fourth-order valence-electron chi connectivity index (χ4n) is 1.62. The molecule has 0 aliphatic rings. The smallest absolute Gasteiger partial charge is 0.337 e. The van der Waals surface area contributed by atoms with E-state index in [1.165, 1.54) is 18.2 Å². The second kappa shape index (κ2) is 6.35. The first-order valence-electron chi connectivity index (χ1n) is 5.85. The lowest BCUT2D eigenvalue weighted by Crippen LogP contribution is -2.24. The average molecular weight is 254 g/mol. The number of carbonyl (C=O) groups is 1. The Hall–Kier alpha value is -1.62. The van der Waals surface area contributed by atoms with Gasteiger partial charge in [0.1, 0.15) is 5.82 Å². The minimum atomic E-state index is -1.13. The second-order valence-corrected chi connectivity index (χ2v) is 4.60. The molecule has 0 saturated heterocycles. The molecule has 1 aromatic rings. The summed E-state index contributed by atoms with van der Waals surface area (Å²) in [5.41, 5.74) is 0.0305. The topological polar surface area (TPSA) is 52.6 Å². The summed E-state index contributed by atoms with van der Waals surface area (Å²) in [4.78, 5) is 13.0. The van der Waals surface area contributed by atoms with Gasteiger partial charge in [-0.25, -0.2) is 9.18 Å². The van der Waals surface area contributed by atoms with E-state index < -0.39 is 11.8 Å². The molecule has 0 aliphatic carbocycles. The summed E-state index contributed by atoms with van der Waals surface area (Å²) in [6, 6.07) is 4.05. The van der Waals surface area contributed by atoms with Gasteiger partial charge in [0, 0.05) is 6.04 Å². The summed E-state index contributed by atoms with van der Waals surface area (Å²) < 4.78 is 13.6. The lowest BCUT2D eigenvalue weighted by molar-refractivity contribution is 0.0697. The van der Waals surface area contributed by atoms with E-state index in [0.29, 0.717) is 0 Å². The molecule has 0 aliphatic heterocycles. The van der Waals surface area contributed by atoms with Gasteiger partial charge < -0.3 is 15.3 Å². The number of carboxylic acid groups (broad SMARTS) is 1. The number of carboxylic acids is 1. The van der Waals surface area contributed by atoms with Crippen LogP contribution in [-0.4, -0.2) is 42.7 Å². The summed E-state index contributed by atoms with van der Waals surface area (Å²) in [6.45, 7) is 2.76. The van der Waals surface area contributed by atoms with Crippen molar-refractivity contribution in [1.82, 2.24) is 4.90 Å². The molecular weight excluding hydrogens is 235 g/mol. The predicted molar refractivity (Wildman–Crippen MR) is 69.6 cm³/mol. The molecule has 0 heterocycles. The third-order valence-corrected chi connectivity index (χ3v) is 2.64. The lowest BCUT2D eigenvalue weighted by atomic mass is 10.1. The van der Waals surface area contributed by atoms with Crippen molar-refractivity contribution in [2.75, 3.05) is 26.0 Å². The quantitative estimate of drug-likeness (QED) is 0.817. The monoisotopic (exact) mass is 254 g/mol. The van der Waals surface area contributed by atoms with Gasteiger partial charge >= 0.3 is 5.97 Å². The van der Waals surface area contributed by atoms with Crippen LogP contribution in [0.25, 0.3) is 0 Å². The van der Waals surface area contributed by atoms with Crippen LogP contribution in [0.4, 0.5) is 10.1 Å². The van der Waals surface area contributed by atoms with E-state index in [2.05, 4.69) is 5.32 Å². The van der Waals surface area contributed by atoms with Crippen molar-refractivity contribution in [3.05, 3.63) is 29.6 Å². The standard InChI is InChI=1S/C13H19FN2O2/c1-9(7-8-16(2)3)15-12-10(13(17)18)5-4-6-11(12)14/h4-6,9,15H,7-8H2,1-3H3,(H,17,18). The normalized spacial score (nSPS) is 12.5. The van der Waals surface area contributed by atoms with Gasteiger partial charge in [-0.2, -0.15) is 0 Å². The molecule has 4 nitrogen and oxygen atoms in total. The predicted octanol–water partition coefficient (Wildman–Crippen LogP) is 2.28. The van der Waals surface area contributed by atoms with E-state index in [9.17, 15) is 9.18 Å². The summed E-state index contributed by atoms with van der Waals surface area (Å²) >= 11 is 0. The Morgan fingerprint density at radius 1 is 1.50 bits per heavy atom. The molecule has 0 bridgehead atoms. The molecule has 5 heteroatoms. The molecule has 0 spiro atoms. The van der Waals surface area contributed by atoms with E-state index in [1.807, 2.05) is 25.9 Å². The number of nitrogens with one attached hydrogen (secondary N) is 1. The fraction of sp³-hybridized carbons (Fsp3) is 0.462. The maximum atomic E-state index is 13.6. The van der Waals surface area contributed by atoms with Crippen LogP contribution in [0.1, 0.15) is 23.7 Å². The number of rotatable bonds is 6. The highest BCUT2D eigenvalue weighted by Crippen LogP contribution is 2.21. The minimum Gasteiger partial charge on any atom is -0.478 e. The number of halogens is 1. The number of aromatic carboxylic acids is 1. The number of anilines is 1. The molecular formula is C13H19FN2O2. The molecule has 1 rings (SSSR count). The Labute approximate surface area is 106 Å². The van der Waals surface area contributed by atoms with E-state index in [4.69, 9.17) is 5.11 Å². The van der Waals surface area contributed by atoms with Crippen LogP contribution in [0, 0.1) is 5.82 Å². The van der Waals surface area contributed by atoms with Gasteiger partial charge in [0.2, 0.25) is 0 Å². The Morgan fingerprint density at radius 3 is 2.72 bits per heavy atom. The van der Waals surface area contributed by atoms with Crippen LogP contribution in [0.2, 0.25) is 0 Å². The molecule has 18 heavy (non-hydrogen) atoms. The Morgan fingerprint density at radius 2 is 2.17 bits per heavy atom. The van der Waals surface area contributed by atoms with Gasteiger partial charge in [-0.1, -0.05) is 6.07 Å². The van der Waals surface area contributed by atoms with Gasteiger partial charge in [-0.05, 0) is 46.1 Å². The number of hydrogen-bond donors (Lipinski definition) is 2. The highest BCUT2D eigenvalue weighted by molar-refractivity contribution is 5.94. The van der Waals surface area contributed by atoms with Crippen LogP contribution >= 0.6 is 0 Å². The van der Waals surface area contributed by atoms with Crippen molar-refractivity contribution < 1.29 is 14.3 Å². The Kier molecular flexibility index (Phi) is 5.09. The van der Waals surface area contributed by atoms with E-state index >= 15 is 0 Å². The first-order chi connectivity index (χ1) is 8.41. The summed E-state index contributed by atoms with van der Waals surface area (Å²) in [7, 11) is 3.91. The largest absolute Gasteiger partial charge is 0.478 e. The minimum absolute atomic E-state index is 0.00222. The Bertz CT molecular complexity index is 421. The number of benzene rings is 1. The van der Waals surface area contributed by atoms with E-state index in [-0.39, 0.29) is 17.3 Å². The highest BCUT2D eigenvalue weighted by Gasteiger charge is 2.15. The maximum absolute atomic E-state index is 13.6. The second-order valence-electron chi connectivity index (χ2n) is 4.60. The van der Waals surface area contributed by atoms with Crippen molar-refractivity contribution in [2.24, 2.45) is 0 Å². The highest BCUT2D eigenvalue weighted by atomic mass is 19.1. The van der Waals surface area contributed by atoms with Crippen LogP contribution in [0.3, 0.4) is 0 Å². The maximum Gasteiger partial charge on any atom is 0.337 e. The number of para-hydroxylation sites is 1. The molecule has 1 atom stereocenters. The third kappa shape index (κ3) is 4.00. The van der Waals surface area contributed by atoms with Gasteiger partial charge in [0.05, 0.1) is 11.3 Å². The van der Waals surface area contributed by atoms with Crippen molar-refractivity contribution in [2.45, 2.75) is 19.4 Å². The zero-order valence-corrected chi connectivity index (χ0v) is 10.9. The lowest BCUT2D eigenvalue weighted by Gasteiger charge is -2.19. The van der Waals surface area contributed by atoms with Gasteiger partial charge in [0.15, 0.2) is 0 Å². The van der Waals surface area contributed by atoms with Gasteiger partial charge in [-0.15, -0.1) is 0 Å². The molecule has 0 amide bonds. The molecule has 0 aromatic heterocycles. The van der Waals surface area contributed by atoms with E-state index in [1.54, 1.807) is 0 Å². The van der Waals surface area contributed by atoms with Crippen molar-refractivity contribution in [1.29, 1.82) is 0 Å². The molecule has 1 aromatic carbocycles. The molecule has 100 valence electrons. The molecule has 0 radical (unpaired) electrons. The van der Waals surface area contributed by atoms with Crippen LogP contribution < -0.4 is 5.32 Å². The van der Waals surface area contributed by atoms with Crippen LogP contribution in [-0.2, 0) is 0 Å². The first-order valence-corrected chi connectivity index (χ1v) is 5.85. The third-order valence-electron chi connectivity index (χ3n) is 2.64. The average Bonchev–Trinajstić information content (AvgIpc) is 2.28. The van der Waals surface area contributed by atoms with Crippen molar-refractivity contribution >= 4 is 11.7 Å². The van der Waals surface area contributed by atoms with Crippen LogP contribution in [0.15, 0.2) is 18.2 Å². The van der Waals surface area contributed by atoms with Gasteiger partial charge in [-0.3, -0.25) is 0 Å². The Balaban J connectivity index is 2.80. The zero-order chi connectivity index (χ0) is 13.7. The van der Waals surface area contributed by atoms with Crippen molar-refractivity contribution in [3.8, 4) is 0 Å². The molecule has 0 saturated carbocycles. The number of nitrogens with zero attached hydrogens (tertiary/aromatic N) is 1. The fourth-order valence-corrected chi connectivity index (χ4v) is 1.62. The molecule has 2 N–H and O–H groups in total. The first kappa shape index (κ1) is 14.4. The van der Waals surface area contributed by atoms with Gasteiger partial charge in [0.25, 0.3) is 0 Å². The van der Waals surface area contributed by atoms with Crippen LogP contribution in [0.5, 0.6) is 0 Å². The van der Waals surface area contributed by atoms with E-state index in [0.717, 1.165) is 13.0 Å². The molecule has 0 fully saturated rings. The number of hydrogen-bond acceptors (Lipinski definition) is 3.